The molecule has 1 unspecified atom stereocenters. The van der Waals surface area contributed by atoms with E-state index >= 15 is 0 Å². The van der Waals surface area contributed by atoms with Gasteiger partial charge < -0.3 is 4.90 Å². The minimum atomic E-state index is -4.86. The fraction of sp³-hybridized carbons (Fsp3) is 0.778. The van der Waals surface area contributed by atoms with Crippen molar-refractivity contribution in [3.63, 3.8) is 0 Å². The monoisotopic (exact) mass is 333 g/mol. The molecule has 1 aliphatic heterocycles. The third kappa shape index (κ3) is 4.17. The summed E-state index contributed by atoms with van der Waals surface area (Å²) in [6, 6.07) is -0.645. The standard InChI is InChI=1S/C9H11BrF3NO2S/c10-4-7(15)3-6-5-17-2-1-14(6)8(16)9(11,12)13/h6H,1-5H2. The van der Waals surface area contributed by atoms with E-state index in [-0.39, 0.29) is 24.1 Å². The van der Waals surface area contributed by atoms with Gasteiger partial charge in [-0.2, -0.15) is 24.9 Å². The van der Waals surface area contributed by atoms with Crippen molar-refractivity contribution in [3.05, 3.63) is 0 Å². The van der Waals surface area contributed by atoms with E-state index < -0.39 is 18.1 Å². The number of alkyl halides is 4. The van der Waals surface area contributed by atoms with Crippen LogP contribution in [0.3, 0.4) is 0 Å². The van der Waals surface area contributed by atoms with Crippen molar-refractivity contribution in [3.8, 4) is 0 Å². The van der Waals surface area contributed by atoms with Crippen molar-refractivity contribution in [2.45, 2.75) is 18.6 Å². The van der Waals surface area contributed by atoms with E-state index in [1.165, 1.54) is 11.8 Å². The van der Waals surface area contributed by atoms with Crippen LogP contribution >= 0.6 is 27.7 Å². The molecule has 0 spiro atoms. The van der Waals surface area contributed by atoms with Crippen molar-refractivity contribution in [1.29, 1.82) is 0 Å². The number of halogens is 4. The summed E-state index contributed by atoms with van der Waals surface area (Å²) in [4.78, 5) is 23.2. The van der Waals surface area contributed by atoms with Crippen LogP contribution < -0.4 is 0 Å². The largest absolute Gasteiger partial charge is 0.471 e. The zero-order valence-corrected chi connectivity index (χ0v) is 11.2. The molecule has 0 aromatic heterocycles. The smallest absolute Gasteiger partial charge is 0.330 e. The fourth-order valence-corrected chi connectivity index (χ4v) is 2.86. The maximum Gasteiger partial charge on any atom is 0.471 e. The zero-order chi connectivity index (χ0) is 13.1. The molecule has 1 heterocycles. The Morgan fingerprint density at radius 2 is 2.06 bits per heavy atom. The number of ketones is 1. The lowest BCUT2D eigenvalue weighted by Gasteiger charge is -2.35. The molecular formula is C9H11BrF3NO2S. The zero-order valence-electron chi connectivity index (χ0n) is 8.80. The van der Waals surface area contributed by atoms with E-state index in [1.54, 1.807) is 0 Å². The molecule has 1 rings (SSSR count). The molecule has 0 bridgehead atoms. The summed E-state index contributed by atoms with van der Waals surface area (Å²) in [5.41, 5.74) is 0. The molecule has 0 aromatic carbocycles. The number of Topliss-reactive ketones (excluding diaryl/α,β-unsaturated/α-hetero) is 1. The molecular weight excluding hydrogens is 323 g/mol. The molecule has 98 valence electrons. The van der Waals surface area contributed by atoms with Gasteiger partial charge in [-0.3, -0.25) is 9.59 Å². The molecule has 0 aliphatic carbocycles. The van der Waals surface area contributed by atoms with Crippen LogP contribution in [-0.2, 0) is 9.59 Å². The normalized spacial score (nSPS) is 21.4. The number of amides is 1. The second kappa shape index (κ2) is 6.08. The molecule has 1 fully saturated rings. The molecule has 1 amide bonds. The first-order valence-electron chi connectivity index (χ1n) is 4.89. The highest BCUT2D eigenvalue weighted by molar-refractivity contribution is 9.09. The lowest BCUT2D eigenvalue weighted by molar-refractivity contribution is -0.187. The Labute approximate surface area is 109 Å². The van der Waals surface area contributed by atoms with Crippen LogP contribution in [0.15, 0.2) is 0 Å². The summed E-state index contributed by atoms with van der Waals surface area (Å²) in [6.07, 6.45) is -4.89. The molecule has 0 aromatic rings. The predicted octanol–water partition coefficient (Wildman–Crippen LogP) is 1.85. The molecule has 0 saturated carbocycles. The molecule has 1 atom stereocenters. The van der Waals surface area contributed by atoms with E-state index in [2.05, 4.69) is 15.9 Å². The number of rotatable bonds is 3. The van der Waals surface area contributed by atoms with Crippen LogP contribution in [0.4, 0.5) is 13.2 Å². The average molecular weight is 334 g/mol. The SMILES string of the molecule is O=C(CBr)CC1CSCCN1C(=O)C(F)(F)F. The second-order valence-corrected chi connectivity index (χ2v) is 5.31. The van der Waals surface area contributed by atoms with Gasteiger partial charge in [0.05, 0.1) is 5.33 Å². The van der Waals surface area contributed by atoms with Crippen molar-refractivity contribution in [2.24, 2.45) is 0 Å². The summed E-state index contributed by atoms with van der Waals surface area (Å²) in [7, 11) is 0. The second-order valence-electron chi connectivity index (χ2n) is 3.60. The summed E-state index contributed by atoms with van der Waals surface area (Å²) >= 11 is 4.41. The predicted molar refractivity (Wildman–Crippen MR) is 62.3 cm³/mol. The molecule has 3 nitrogen and oxygen atoms in total. The third-order valence-electron chi connectivity index (χ3n) is 2.34. The van der Waals surface area contributed by atoms with Crippen molar-refractivity contribution < 1.29 is 22.8 Å². The summed E-state index contributed by atoms with van der Waals surface area (Å²) in [5.74, 6) is -1.19. The Kier molecular flexibility index (Phi) is 5.30. The van der Waals surface area contributed by atoms with E-state index in [0.717, 1.165) is 4.90 Å². The molecule has 1 aliphatic rings. The van der Waals surface area contributed by atoms with Crippen LogP contribution in [0.1, 0.15) is 6.42 Å². The fourth-order valence-electron chi connectivity index (χ4n) is 1.57. The van der Waals surface area contributed by atoms with Crippen molar-refractivity contribution >= 4 is 39.4 Å². The van der Waals surface area contributed by atoms with Crippen LogP contribution in [-0.4, -0.2) is 52.2 Å². The molecule has 1 saturated heterocycles. The third-order valence-corrected chi connectivity index (χ3v) is 4.06. The topological polar surface area (TPSA) is 37.4 Å². The molecule has 8 heteroatoms. The maximum absolute atomic E-state index is 12.3. The van der Waals surface area contributed by atoms with Gasteiger partial charge in [-0.1, -0.05) is 15.9 Å². The van der Waals surface area contributed by atoms with E-state index in [1.807, 2.05) is 0 Å². The minimum Gasteiger partial charge on any atom is -0.330 e. The maximum atomic E-state index is 12.3. The lowest BCUT2D eigenvalue weighted by atomic mass is 10.1. The molecule has 0 radical (unpaired) electrons. The number of hydrogen-bond acceptors (Lipinski definition) is 3. The summed E-state index contributed by atoms with van der Waals surface area (Å²) in [5, 5.41) is 0.0994. The van der Waals surface area contributed by atoms with Gasteiger partial charge in [0.2, 0.25) is 0 Å². The Bertz CT molecular complexity index is 311. The van der Waals surface area contributed by atoms with Gasteiger partial charge in [0, 0.05) is 30.5 Å². The van der Waals surface area contributed by atoms with Gasteiger partial charge in [0.25, 0.3) is 0 Å². The van der Waals surface area contributed by atoms with E-state index in [0.29, 0.717) is 11.5 Å². The van der Waals surface area contributed by atoms with Gasteiger partial charge in [0.1, 0.15) is 5.78 Å². The Balaban J connectivity index is 2.72. The molecule has 0 N–H and O–H groups in total. The van der Waals surface area contributed by atoms with Crippen LogP contribution in [0.25, 0.3) is 0 Å². The number of nitrogens with zero attached hydrogens (tertiary/aromatic N) is 1. The summed E-state index contributed by atoms with van der Waals surface area (Å²) in [6.45, 7) is 0.0449. The summed E-state index contributed by atoms with van der Waals surface area (Å²) < 4.78 is 37.0. The number of carbonyl (C=O) groups is 2. The van der Waals surface area contributed by atoms with Gasteiger partial charge in [0.15, 0.2) is 0 Å². The first kappa shape index (κ1) is 14.8. The highest BCUT2D eigenvalue weighted by atomic mass is 79.9. The highest BCUT2D eigenvalue weighted by Crippen LogP contribution is 2.26. The quantitative estimate of drug-likeness (QED) is 0.740. The first-order chi connectivity index (χ1) is 7.86. The van der Waals surface area contributed by atoms with Crippen LogP contribution in [0.5, 0.6) is 0 Å². The van der Waals surface area contributed by atoms with Gasteiger partial charge >= 0.3 is 12.1 Å². The van der Waals surface area contributed by atoms with Crippen molar-refractivity contribution in [2.75, 3.05) is 23.4 Å². The Hall–Kier alpha value is -0.240. The van der Waals surface area contributed by atoms with Gasteiger partial charge in [-0.05, 0) is 0 Å². The Morgan fingerprint density at radius 1 is 1.41 bits per heavy atom. The first-order valence-corrected chi connectivity index (χ1v) is 7.17. The Morgan fingerprint density at radius 3 is 2.59 bits per heavy atom. The van der Waals surface area contributed by atoms with Crippen LogP contribution in [0, 0.1) is 0 Å². The van der Waals surface area contributed by atoms with Crippen molar-refractivity contribution in [1.82, 2.24) is 4.90 Å². The van der Waals surface area contributed by atoms with Gasteiger partial charge in [-0.25, -0.2) is 0 Å². The number of thioether (sulfide) groups is 1. The number of carbonyl (C=O) groups excluding carboxylic acids is 2. The molecule has 17 heavy (non-hydrogen) atoms. The number of hydrogen-bond donors (Lipinski definition) is 0. The minimum absolute atomic E-state index is 0.0277. The van der Waals surface area contributed by atoms with Gasteiger partial charge in [-0.15, -0.1) is 0 Å². The average Bonchev–Trinajstić information content (AvgIpc) is 2.27. The highest BCUT2D eigenvalue weighted by Gasteiger charge is 2.45. The van der Waals surface area contributed by atoms with Crippen LogP contribution in [0.2, 0.25) is 0 Å². The van der Waals surface area contributed by atoms with E-state index in [4.69, 9.17) is 0 Å². The lowest BCUT2D eigenvalue weighted by Crippen LogP contribution is -2.52. The van der Waals surface area contributed by atoms with E-state index in [9.17, 15) is 22.8 Å².